The Labute approximate surface area is 188 Å². The third-order valence-electron chi connectivity index (χ3n) is 6.78. The number of pyridine rings is 1. The first-order valence-corrected chi connectivity index (χ1v) is 11.6. The van der Waals surface area contributed by atoms with Gasteiger partial charge in [0.25, 0.3) is 5.91 Å². The van der Waals surface area contributed by atoms with Gasteiger partial charge in [-0.2, -0.15) is 0 Å². The van der Waals surface area contributed by atoms with Crippen molar-refractivity contribution in [2.24, 2.45) is 0 Å². The van der Waals surface area contributed by atoms with Gasteiger partial charge in [-0.1, -0.05) is 6.07 Å². The maximum absolute atomic E-state index is 12.8. The van der Waals surface area contributed by atoms with Crippen molar-refractivity contribution in [3.05, 3.63) is 47.2 Å². The molecule has 2 saturated heterocycles. The smallest absolute Gasteiger partial charge is 0.251 e. The van der Waals surface area contributed by atoms with E-state index in [9.17, 15) is 9.59 Å². The van der Waals surface area contributed by atoms with E-state index in [4.69, 9.17) is 14.7 Å². The molecule has 0 bridgehead atoms. The summed E-state index contributed by atoms with van der Waals surface area (Å²) in [5.41, 5.74) is 2.84. The molecule has 2 amide bonds. The van der Waals surface area contributed by atoms with Crippen LogP contribution in [0.5, 0.6) is 0 Å². The minimum Gasteiger partial charge on any atom is -0.368 e. The molecule has 0 N–H and O–H groups in total. The van der Waals surface area contributed by atoms with Crippen molar-refractivity contribution < 1.29 is 14.3 Å². The normalized spacial score (nSPS) is 21.7. The van der Waals surface area contributed by atoms with Gasteiger partial charge in [0.2, 0.25) is 5.91 Å². The summed E-state index contributed by atoms with van der Waals surface area (Å²) in [5.74, 6) is 1.89. The number of rotatable bonds is 4. The van der Waals surface area contributed by atoms with Crippen LogP contribution in [-0.2, 0) is 27.3 Å². The maximum atomic E-state index is 12.8. The maximum Gasteiger partial charge on any atom is 0.251 e. The lowest BCUT2D eigenvalue weighted by Gasteiger charge is -2.34. The van der Waals surface area contributed by atoms with E-state index >= 15 is 0 Å². The zero-order valence-electron chi connectivity index (χ0n) is 18.5. The fourth-order valence-electron chi connectivity index (χ4n) is 4.94. The fraction of sp³-hybridized carbons (Fsp3) is 0.542. The van der Waals surface area contributed by atoms with Crippen LogP contribution in [0, 0.1) is 6.92 Å². The molecule has 0 aliphatic carbocycles. The molecule has 2 aromatic rings. The summed E-state index contributed by atoms with van der Waals surface area (Å²) in [4.78, 5) is 43.3. The molecule has 2 fully saturated rings. The monoisotopic (exact) mass is 435 g/mol. The number of aryl methyl sites for hydroxylation is 1. The number of piperidine rings is 1. The highest BCUT2D eigenvalue weighted by Crippen LogP contribution is 2.33. The second kappa shape index (κ2) is 8.94. The van der Waals surface area contributed by atoms with E-state index in [0.717, 1.165) is 54.3 Å². The molecule has 3 aliphatic rings. The van der Waals surface area contributed by atoms with Gasteiger partial charge in [-0.05, 0) is 51.2 Å². The van der Waals surface area contributed by atoms with Crippen LogP contribution in [-0.4, -0.2) is 57.5 Å². The number of hydrogen-bond acceptors (Lipinski definition) is 6. The van der Waals surface area contributed by atoms with E-state index in [2.05, 4.69) is 4.98 Å². The highest BCUT2D eigenvalue weighted by molar-refractivity contribution is 5.95. The average molecular weight is 436 g/mol. The molecule has 0 spiro atoms. The van der Waals surface area contributed by atoms with E-state index in [1.54, 1.807) is 11.1 Å². The number of likely N-dealkylation sites (tertiary alicyclic amines) is 1. The minimum absolute atomic E-state index is 0.0733. The molecule has 2 aromatic heterocycles. The van der Waals surface area contributed by atoms with E-state index in [-0.39, 0.29) is 23.8 Å². The van der Waals surface area contributed by atoms with Crippen molar-refractivity contribution in [1.82, 2.24) is 19.9 Å². The van der Waals surface area contributed by atoms with Gasteiger partial charge in [0.15, 0.2) is 0 Å². The standard InChI is InChI=1S/C24H29N5O3/c1-16-19-7-8-21(30)29(15-18-5-2-3-11-25-18)23(19)27-22(26-16)17-9-12-28(13-10-17)24(31)20-6-4-14-32-20/h2-3,5,11,17,20H,4,6-10,12-15H2,1H3/t20-/m1/s1. The molecule has 0 unspecified atom stereocenters. The molecule has 5 rings (SSSR count). The molecular weight excluding hydrogens is 406 g/mol. The lowest BCUT2D eigenvalue weighted by molar-refractivity contribution is -0.142. The molecule has 8 nitrogen and oxygen atoms in total. The van der Waals surface area contributed by atoms with Gasteiger partial charge >= 0.3 is 0 Å². The molecule has 32 heavy (non-hydrogen) atoms. The third-order valence-corrected chi connectivity index (χ3v) is 6.78. The molecule has 0 aromatic carbocycles. The molecule has 0 saturated carbocycles. The highest BCUT2D eigenvalue weighted by Gasteiger charge is 2.34. The predicted molar refractivity (Wildman–Crippen MR) is 118 cm³/mol. The van der Waals surface area contributed by atoms with Gasteiger partial charge in [-0.25, -0.2) is 9.97 Å². The first kappa shape index (κ1) is 21.0. The lowest BCUT2D eigenvalue weighted by atomic mass is 9.94. The SMILES string of the molecule is Cc1nc(C2CCN(C(=O)[C@H]3CCCO3)CC2)nc2c1CCC(=O)N2Cc1ccccn1. The molecule has 0 radical (unpaired) electrons. The van der Waals surface area contributed by atoms with Crippen LogP contribution >= 0.6 is 0 Å². The van der Waals surface area contributed by atoms with Crippen LogP contribution in [0.2, 0.25) is 0 Å². The Morgan fingerprint density at radius 2 is 2.00 bits per heavy atom. The van der Waals surface area contributed by atoms with Crippen LogP contribution in [0.1, 0.15) is 60.8 Å². The molecule has 3 aliphatic heterocycles. The van der Waals surface area contributed by atoms with Crippen LogP contribution in [0.25, 0.3) is 0 Å². The number of carbonyl (C=O) groups excluding carboxylic acids is 2. The van der Waals surface area contributed by atoms with E-state index in [1.165, 1.54) is 0 Å². The van der Waals surface area contributed by atoms with Crippen molar-refractivity contribution in [2.45, 2.75) is 64.0 Å². The molecule has 168 valence electrons. The van der Waals surface area contributed by atoms with Crippen LogP contribution in [0.3, 0.4) is 0 Å². The predicted octanol–water partition coefficient (Wildman–Crippen LogP) is 2.54. The Bertz CT molecular complexity index is 998. The van der Waals surface area contributed by atoms with Crippen molar-refractivity contribution in [3.8, 4) is 0 Å². The first-order valence-electron chi connectivity index (χ1n) is 11.6. The fourth-order valence-corrected chi connectivity index (χ4v) is 4.94. The summed E-state index contributed by atoms with van der Waals surface area (Å²) in [6.07, 6.45) is 6.05. The number of ether oxygens (including phenoxy) is 1. The van der Waals surface area contributed by atoms with Gasteiger partial charge < -0.3 is 9.64 Å². The summed E-state index contributed by atoms with van der Waals surface area (Å²) in [7, 11) is 0. The van der Waals surface area contributed by atoms with Gasteiger partial charge in [0.1, 0.15) is 17.7 Å². The van der Waals surface area contributed by atoms with Crippen molar-refractivity contribution in [3.63, 3.8) is 0 Å². The number of anilines is 1. The zero-order chi connectivity index (χ0) is 22.1. The Kier molecular flexibility index (Phi) is 5.87. The average Bonchev–Trinajstić information content (AvgIpc) is 3.36. The molecule has 1 atom stereocenters. The van der Waals surface area contributed by atoms with Crippen molar-refractivity contribution in [2.75, 3.05) is 24.6 Å². The summed E-state index contributed by atoms with van der Waals surface area (Å²) in [6, 6.07) is 5.73. The number of nitrogens with zero attached hydrogens (tertiary/aromatic N) is 5. The Morgan fingerprint density at radius 3 is 2.72 bits per heavy atom. The molecule has 5 heterocycles. The number of fused-ring (bicyclic) bond motifs is 1. The van der Waals surface area contributed by atoms with E-state index < -0.39 is 0 Å². The lowest BCUT2D eigenvalue weighted by Crippen LogP contribution is -2.43. The van der Waals surface area contributed by atoms with Gasteiger partial charge in [0, 0.05) is 49.5 Å². The Balaban J connectivity index is 1.34. The van der Waals surface area contributed by atoms with Gasteiger partial charge in [0.05, 0.1) is 12.2 Å². The topological polar surface area (TPSA) is 88.5 Å². The van der Waals surface area contributed by atoms with Gasteiger partial charge in [-0.15, -0.1) is 0 Å². The zero-order valence-corrected chi connectivity index (χ0v) is 18.5. The number of amides is 2. The molecule has 8 heteroatoms. The van der Waals surface area contributed by atoms with Crippen molar-refractivity contribution >= 4 is 17.6 Å². The Hall–Kier alpha value is -2.87. The Morgan fingerprint density at radius 1 is 1.16 bits per heavy atom. The van der Waals surface area contributed by atoms with Crippen LogP contribution in [0.4, 0.5) is 5.82 Å². The largest absolute Gasteiger partial charge is 0.368 e. The van der Waals surface area contributed by atoms with Gasteiger partial charge in [-0.3, -0.25) is 19.5 Å². The van der Waals surface area contributed by atoms with Crippen LogP contribution < -0.4 is 4.90 Å². The second-order valence-electron chi connectivity index (χ2n) is 8.87. The highest BCUT2D eigenvalue weighted by atomic mass is 16.5. The summed E-state index contributed by atoms with van der Waals surface area (Å²) in [5, 5.41) is 0. The van der Waals surface area contributed by atoms with E-state index in [1.807, 2.05) is 30.0 Å². The molecular formula is C24H29N5O3. The minimum atomic E-state index is -0.264. The number of carbonyl (C=O) groups is 2. The quantitative estimate of drug-likeness (QED) is 0.733. The summed E-state index contributed by atoms with van der Waals surface area (Å²) in [6.45, 7) is 4.49. The van der Waals surface area contributed by atoms with E-state index in [0.29, 0.717) is 39.1 Å². The third kappa shape index (κ3) is 4.11. The second-order valence-corrected chi connectivity index (χ2v) is 8.87. The summed E-state index contributed by atoms with van der Waals surface area (Å²) >= 11 is 0. The number of aromatic nitrogens is 3. The first-order chi connectivity index (χ1) is 15.6. The summed E-state index contributed by atoms with van der Waals surface area (Å²) < 4.78 is 5.57. The van der Waals surface area contributed by atoms with Crippen molar-refractivity contribution in [1.29, 1.82) is 0 Å². The van der Waals surface area contributed by atoms with Crippen LogP contribution in [0.15, 0.2) is 24.4 Å². The number of hydrogen-bond donors (Lipinski definition) is 0.